The van der Waals surface area contributed by atoms with Gasteiger partial charge in [-0.05, 0) is 57.2 Å². The van der Waals surface area contributed by atoms with Crippen molar-refractivity contribution in [1.82, 2.24) is 0 Å². The highest BCUT2D eigenvalue weighted by atomic mass is 16.3. The predicted molar refractivity (Wildman–Crippen MR) is 97.5 cm³/mol. The first-order chi connectivity index (χ1) is 11.6. The molecule has 0 aliphatic heterocycles. The Hall–Kier alpha value is -2.26. The second-order valence-corrected chi connectivity index (χ2v) is 6.17. The minimum atomic E-state index is -0.433. The summed E-state index contributed by atoms with van der Waals surface area (Å²) in [6, 6.07) is 3.91. The van der Waals surface area contributed by atoms with Crippen LogP contribution in [0.1, 0.15) is 44.2 Å². The van der Waals surface area contributed by atoms with Crippen molar-refractivity contribution in [2.75, 3.05) is 0 Å². The molecule has 2 aromatic rings. The van der Waals surface area contributed by atoms with Crippen molar-refractivity contribution in [2.45, 2.75) is 45.6 Å². The Morgan fingerprint density at radius 2 is 1.92 bits per heavy atom. The van der Waals surface area contributed by atoms with Crippen LogP contribution >= 0.6 is 0 Å². The molecule has 0 radical (unpaired) electrons. The molecule has 0 bridgehead atoms. The van der Waals surface area contributed by atoms with E-state index in [0.717, 1.165) is 30.4 Å². The second kappa shape index (κ2) is 9.78. The minimum absolute atomic E-state index is 0.433. The highest BCUT2D eigenvalue weighted by molar-refractivity contribution is 5.47. The summed E-state index contributed by atoms with van der Waals surface area (Å²) in [4.78, 5) is 0. The van der Waals surface area contributed by atoms with E-state index in [1.807, 2.05) is 31.2 Å². The van der Waals surface area contributed by atoms with E-state index < -0.39 is 6.10 Å². The third-order valence-electron chi connectivity index (χ3n) is 3.81. The molecule has 128 valence electrons. The molecular weight excluding hydrogens is 300 g/mol. The molecule has 2 aromatic heterocycles. The Morgan fingerprint density at radius 3 is 2.62 bits per heavy atom. The number of aryl methyl sites for hydroxylation is 1. The molecule has 0 saturated heterocycles. The number of hydrogen-bond donors (Lipinski definition) is 1. The van der Waals surface area contributed by atoms with Crippen molar-refractivity contribution in [2.24, 2.45) is 0 Å². The fourth-order valence-electron chi connectivity index (χ4n) is 2.54. The number of aliphatic hydroxyl groups excluding tert-OH is 1. The molecule has 0 amide bonds. The lowest BCUT2D eigenvalue weighted by Gasteiger charge is -2.08. The van der Waals surface area contributed by atoms with Crippen LogP contribution in [0.3, 0.4) is 0 Å². The Bertz CT molecular complexity index is 658. The molecule has 1 atom stereocenters. The van der Waals surface area contributed by atoms with Crippen LogP contribution < -0.4 is 0 Å². The van der Waals surface area contributed by atoms with Gasteiger partial charge in [-0.25, -0.2) is 0 Å². The first kappa shape index (κ1) is 18.1. The van der Waals surface area contributed by atoms with Crippen LogP contribution in [0.2, 0.25) is 0 Å². The number of rotatable bonds is 9. The monoisotopic (exact) mass is 326 g/mol. The Labute approximate surface area is 144 Å². The predicted octanol–water partition coefficient (Wildman–Crippen LogP) is 5.55. The van der Waals surface area contributed by atoms with Gasteiger partial charge in [0, 0.05) is 5.56 Å². The molecule has 0 unspecified atom stereocenters. The molecule has 0 aliphatic rings. The average Bonchev–Trinajstić information content (AvgIpc) is 3.20. The zero-order valence-electron chi connectivity index (χ0n) is 14.4. The third-order valence-corrected chi connectivity index (χ3v) is 3.81. The van der Waals surface area contributed by atoms with E-state index in [0.29, 0.717) is 6.42 Å². The number of furan rings is 2. The van der Waals surface area contributed by atoms with Gasteiger partial charge in [-0.1, -0.05) is 35.5 Å². The van der Waals surface area contributed by atoms with Crippen LogP contribution in [0.15, 0.2) is 75.4 Å². The molecule has 3 heteroatoms. The van der Waals surface area contributed by atoms with Crippen LogP contribution in [-0.2, 0) is 6.42 Å². The SMILES string of the molecule is C/C(=C\[C@H](O)C/C(C)=C/CCc1ccoc1)C/C=C/c1ccoc1. The highest BCUT2D eigenvalue weighted by Gasteiger charge is 2.02. The van der Waals surface area contributed by atoms with E-state index in [9.17, 15) is 5.11 Å². The summed E-state index contributed by atoms with van der Waals surface area (Å²) in [6.07, 6.45) is 18.1. The molecule has 24 heavy (non-hydrogen) atoms. The summed E-state index contributed by atoms with van der Waals surface area (Å²) in [6.45, 7) is 4.11. The van der Waals surface area contributed by atoms with Crippen LogP contribution in [0.25, 0.3) is 6.08 Å². The number of hydrogen-bond acceptors (Lipinski definition) is 3. The first-order valence-corrected chi connectivity index (χ1v) is 8.34. The van der Waals surface area contributed by atoms with Gasteiger partial charge in [0.2, 0.25) is 0 Å². The van der Waals surface area contributed by atoms with E-state index >= 15 is 0 Å². The summed E-state index contributed by atoms with van der Waals surface area (Å²) in [5.74, 6) is 0. The average molecular weight is 326 g/mol. The molecule has 3 nitrogen and oxygen atoms in total. The lowest BCUT2D eigenvalue weighted by Crippen LogP contribution is -2.03. The second-order valence-electron chi connectivity index (χ2n) is 6.17. The van der Waals surface area contributed by atoms with Crippen LogP contribution in [0.5, 0.6) is 0 Å². The van der Waals surface area contributed by atoms with Gasteiger partial charge in [-0.2, -0.15) is 0 Å². The third kappa shape index (κ3) is 6.88. The van der Waals surface area contributed by atoms with Gasteiger partial charge in [0.1, 0.15) is 0 Å². The van der Waals surface area contributed by atoms with Crippen LogP contribution in [0.4, 0.5) is 0 Å². The Balaban J connectivity index is 1.72. The standard InChI is InChI=1S/C21H26O3/c1-17(5-3-7-19-9-11-23-15-19)13-21(22)14-18(2)6-4-8-20-10-12-24-16-20/h3,6-7,9-13,15-16,21-22H,4-5,8,14H2,1-2H3/b7-3+,17-13+,18-6+/t21-/m0/s1. The van der Waals surface area contributed by atoms with Crippen molar-refractivity contribution in [3.63, 3.8) is 0 Å². The summed E-state index contributed by atoms with van der Waals surface area (Å²) >= 11 is 0. The fourth-order valence-corrected chi connectivity index (χ4v) is 2.54. The van der Waals surface area contributed by atoms with Gasteiger partial charge in [-0.3, -0.25) is 0 Å². The topological polar surface area (TPSA) is 46.5 Å². The minimum Gasteiger partial charge on any atom is -0.472 e. The molecule has 0 spiro atoms. The van der Waals surface area contributed by atoms with Gasteiger partial charge < -0.3 is 13.9 Å². The smallest absolute Gasteiger partial charge is 0.0974 e. The summed E-state index contributed by atoms with van der Waals surface area (Å²) in [5.41, 5.74) is 4.64. The molecule has 0 fully saturated rings. The van der Waals surface area contributed by atoms with Crippen LogP contribution in [0, 0.1) is 0 Å². The number of allylic oxidation sites excluding steroid dienone is 3. The van der Waals surface area contributed by atoms with Crippen molar-refractivity contribution >= 4 is 6.08 Å². The summed E-state index contributed by atoms with van der Waals surface area (Å²) in [5, 5.41) is 10.2. The number of aliphatic hydroxyl groups is 1. The van der Waals surface area contributed by atoms with Gasteiger partial charge in [0.25, 0.3) is 0 Å². The van der Waals surface area contributed by atoms with Crippen molar-refractivity contribution < 1.29 is 13.9 Å². The van der Waals surface area contributed by atoms with Crippen molar-refractivity contribution in [3.8, 4) is 0 Å². The molecule has 2 heterocycles. The molecule has 0 aliphatic carbocycles. The van der Waals surface area contributed by atoms with Gasteiger partial charge >= 0.3 is 0 Å². The van der Waals surface area contributed by atoms with E-state index in [4.69, 9.17) is 8.83 Å². The lowest BCUT2D eigenvalue weighted by atomic mass is 10.0. The zero-order valence-corrected chi connectivity index (χ0v) is 14.4. The fraction of sp³-hybridized carbons (Fsp3) is 0.333. The lowest BCUT2D eigenvalue weighted by molar-refractivity contribution is 0.222. The summed E-state index contributed by atoms with van der Waals surface area (Å²) < 4.78 is 10.1. The maximum atomic E-state index is 10.2. The van der Waals surface area contributed by atoms with E-state index in [2.05, 4.69) is 19.1 Å². The molecule has 2 rings (SSSR count). The van der Waals surface area contributed by atoms with Gasteiger partial charge in [0.05, 0.1) is 31.2 Å². The van der Waals surface area contributed by atoms with Crippen LogP contribution in [-0.4, -0.2) is 11.2 Å². The molecule has 1 N–H and O–H groups in total. The maximum Gasteiger partial charge on any atom is 0.0974 e. The van der Waals surface area contributed by atoms with Crippen molar-refractivity contribution in [3.05, 3.63) is 77.7 Å². The zero-order chi connectivity index (χ0) is 17.2. The largest absolute Gasteiger partial charge is 0.472 e. The molecule has 0 saturated carbocycles. The Morgan fingerprint density at radius 1 is 1.12 bits per heavy atom. The van der Waals surface area contributed by atoms with Crippen molar-refractivity contribution in [1.29, 1.82) is 0 Å². The Kier molecular flexibility index (Phi) is 7.37. The van der Waals surface area contributed by atoms with E-state index in [1.165, 1.54) is 11.1 Å². The van der Waals surface area contributed by atoms with Gasteiger partial charge in [0.15, 0.2) is 0 Å². The molecular formula is C21H26O3. The van der Waals surface area contributed by atoms with Gasteiger partial charge in [-0.15, -0.1) is 0 Å². The quantitative estimate of drug-likeness (QED) is 0.614. The summed E-state index contributed by atoms with van der Waals surface area (Å²) in [7, 11) is 0. The maximum absolute atomic E-state index is 10.2. The first-order valence-electron chi connectivity index (χ1n) is 8.34. The van der Waals surface area contributed by atoms with E-state index in [1.54, 1.807) is 25.1 Å². The van der Waals surface area contributed by atoms with E-state index in [-0.39, 0.29) is 0 Å². The normalized spacial score (nSPS) is 14.5. The highest BCUT2D eigenvalue weighted by Crippen LogP contribution is 2.13. The molecule has 0 aromatic carbocycles.